The Balaban J connectivity index is 1.78. The number of rotatable bonds is 5. The van der Waals surface area contributed by atoms with E-state index in [1.807, 2.05) is 12.1 Å². The fourth-order valence-electron chi connectivity index (χ4n) is 2.42. The Bertz CT molecular complexity index is 630. The highest BCUT2D eigenvalue weighted by Crippen LogP contribution is 2.26. The van der Waals surface area contributed by atoms with Crippen LogP contribution in [0.25, 0.3) is 10.9 Å². The maximum absolute atomic E-state index is 6.01. The summed E-state index contributed by atoms with van der Waals surface area (Å²) in [4.78, 5) is 8.75. The minimum Gasteiger partial charge on any atom is -0.477 e. The Labute approximate surface area is 133 Å². The molecule has 1 aliphatic rings. The van der Waals surface area contributed by atoms with E-state index >= 15 is 0 Å². The molecule has 0 spiro atoms. The third-order valence-electron chi connectivity index (χ3n) is 3.58. The molecule has 1 aliphatic heterocycles. The summed E-state index contributed by atoms with van der Waals surface area (Å²) in [5.41, 5.74) is 0.757. The normalized spacial score (nSPS) is 18.3. The molecule has 1 unspecified atom stereocenters. The van der Waals surface area contributed by atoms with Gasteiger partial charge in [0.15, 0.2) is 0 Å². The molecule has 1 aromatic heterocycles. The van der Waals surface area contributed by atoms with Gasteiger partial charge in [-0.2, -0.15) is 4.98 Å². The van der Waals surface area contributed by atoms with Crippen molar-refractivity contribution in [3.05, 3.63) is 29.0 Å². The molecule has 21 heavy (non-hydrogen) atoms. The molecule has 4 nitrogen and oxygen atoms in total. The highest BCUT2D eigenvalue weighted by Gasteiger charge is 2.16. The van der Waals surface area contributed by atoms with Crippen molar-refractivity contribution in [3.8, 4) is 5.88 Å². The molecule has 6 heteroatoms. The molecule has 2 aromatic rings. The number of ether oxygens (including phenoxy) is 2. The predicted octanol–water partition coefficient (Wildman–Crippen LogP) is 3.83. The van der Waals surface area contributed by atoms with Crippen LogP contribution >= 0.6 is 23.2 Å². The molecule has 1 atom stereocenters. The summed E-state index contributed by atoms with van der Waals surface area (Å²) < 4.78 is 11.2. The molecule has 1 aromatic carbocycles. The summed E-state index contributed by atoms with van der Waals surface area (Å²) in [6, 6.07) is 5.49. The molecule has 0 N–H and O–H groups in total. The molecular weight excluding hydrogens is 311 g/mol. The maximum Gasteiger partial charge on any atom is 0.224 e. The van der Waals surface area contributed by atoms with Gasteiger partial charge in [-0.05, 0) is 37.0 Å². The molecule has 2 heterocycles. The molecule has 1 saturated heterocycles. The molecule has 112 valence electrons. The highest BCUT2D eigenvalue weighted by atomic mass is 35.5. The van der Waals surface area contributed by atoms with Gasteiger partial charge < -0.3 is 9.47 Å². The van der Waals surface area contributed by atoms with Gasteiger partial charge in [0.1, 0.15) is 5.82 Å². The van der Waals surface area contributed by atoms with E-state index in [1.165, 1.54) is 0 Å². The lowest BCUT2D eigenvalue weighted by atomic mass is 10.1. The molecular formula is C15H16Cl2N2O2. The number of alkyl halides is 1. The van der Waals surface area contributed by atoms with Gasteiger partial charge in [-0.15, -0.1) is 11.6 Å². The van der Waals surface area contributed by atoms with Crippen LogP contribution in [0, 0.1) is 5.92 Å². The smallest absolute Gasteiger partial charge is 0.224 e. The van der Waals surface area contributed by atoms with Crippen LogP contribution in [0.5, 0.6) is 5.88 Å². The topological polar surface area (TPSA) is 44.2 Å². The van der Waals surface area contributed by atoms with Crippen molar-refractivity contribution in [2.24, 2.45) is 5.92 Å². The minimum atomic E-state index is 0.245. The van der Waals surface area contributed by atoms with Crippen molar-refractivity contribution >= 4 is 34.1 Å². The molecule has 1 fully saturated rings. The maximum atomic E-state index is 6.01. The average molecular weight is 327 g/mol. The number of halogens is 2. The second-order valence-corrected chi connectivity index (χ2v) is 5.81. The summed E-state index contributed by atoms with van der Waals surface area (Å²) in [6.07, 6.45) is 2.08. The fourth-order valence-corrected chi connectivity index (χ4v) is 2.71. The van der Waals surface area contributed by atoms with Gasteiger partial charge in [0.05, 0.1) is 23.4 Å². The van der Waals surface area contributed by atoms with Crippen LogP contribution in [-0.4, -0.2) is 29.8 Å². The zero-order chi connectivity index (χ0) is 14.7. The first-order chi connectivity index (χ1) is 10.3. The Morgan fingerprint density at radius 2 is 2.24 bits per heavy atom. The van der Waals surface area contributed by atoms with Gasteiger partial charge in [0.2, 0.25) is 5.88 Å². The average Bonchev–Trinajstić information content (AvgIpc) is 2.99. The largest absolute Gasteiger partial charge is 0.477 e. The van der Waals surface area contributed by atoms with E-state index in [9.17, 15) is 0 Å². The number of fused-ring (bicyclic) bond motifs is 1. The number of aromatic nitrogens is 2. The zero-order valence-electron chi connectivity index (χ0n) is 11.5. The van der Waals surface area contributed by atoms with E-state index in [-0.39, 0.29) is 5.88 Å². The van der Waals surface area contributed by atoms with Crippen molar-refractivity contribution < 1.29 is 9.47 Å². The van der Waals surface area contributed by atoms with Gasteiger partial charge in [-0.3, -0.25) is 0 Å². The van der Waals surface area contributed by atoms with Crippen LogP contribution < -0.4 is 4.74 Å². The van der Waals surface area contributed by atoms with Crippen molar-refractivity contribution in [1.82, 2.24) is 9.97 Å². The summed E-state index contributed by atoms with van der Waals surface area (Å²) in [5, 5.41) is 1.49. The summed E-state index contributed by atoms with van der Waals surface area (Å²) in [6.45, 7) is 2.30. The number of nitrogens with zero attached hydrogens (tertiary/aromatic N) is 2. The van der Waals surface area contributed by atoms with Gasteiger partial charge >= 0.3 is 0 Å². The standard InChI is InChI=1S/C15H16Cl2N2O2/c16-8-14-18-13-7-11(17)1-2-12(13)15(19-14)21-6-4-10-3-5-20-9-10/h1-2,7,10H,3-6,8-9H2. The molecule has 0 bridgehead atoms. The number of hydrogen-bond donors (Lipinski definition) is 0. The third kappa shape index (κ3) is 3.57. The first kappa shape index (κ1) is 14.8. The molecule has 0 amide bonds. The quantitative estimate of drug-likeness (QED) is 0.783. The minimum absolute atomic E-state index is 0.245. The van der Waals surface area contributed by atoms with Crippen molar-refractivity contribution in [1.29, 1.82) is 0 Å². The van der Waals surface area contributed by atoms with Crippen LogP contribution in [0.1, 0.15) is 18.7 Å². The van der Waals surface area contributed by atoms with Gasteiger partial charge in [0.25, 0.3) is 0 Å². The van der Waals surface area contributed by atoms with E-state index in [1.54, 1.807) is 6.07 Å². The first-order valence-corrected chi connectivity index (χ1v) is 7.90. The Hall–Kier alpha value is -1.10. The Morgan fingerprint density at radius 1 is 1.33 bits per heavy atom. The van der Waals surface area contributed by atoms with Crippen LogP contribution in [0.2, 0.25) is 5.02 Å². The molecule has 0 radical (unpaired) electrons. The van der Waals surface area contributed by atoms with Gasteiger partial charge in [0, 0.05) is 18.2 Å². The van der Waals surface area contributed by atoms with Crippen molar-refractivity contribution in [3.63, 3.8) is 0 Å². The van der Waals surface area contributed by atoms with Crippen molar-refractivity contribution in [2.75, 3.05) is 19.8 Å². The monoisotopic (exact) mass is 326 g/mol. The van der Waals surface area contributed by atoms with Gasteiger partial charge in [-0.25, -0.2) is 4.98 Å². The lowest BCUT2D eigenvalue weighted by molar-refractivity contribution is 0.177. The number of hydrogen-bond acceptors (Lipinski definition) is 4. The van der Waals surface area contributed by atoms with E-state index < -0.39 is 0 Å². The summed E-state index contributed by atoms with van der Waals surface area (Å²) in [7, 11) is 0. The van der Waals surface area contributed by atoms with E-state index in [2.05, 4.69) is 9.97 Å². The van der Waals surface area contributed by atoms with E-state index in [4.69, 9.17) is 32.7 Å². The van der Waals surface area contributed by atoms with Gasteiger partial charge in [-0.1, -0.05) is 11.6 Å². The highest BCUT2D eigenvalue weighted by molar-refractivity contribution is 6.31. The molecule has 0 aliphatic carbocycles. The fraction of sp³-hybridized carbons (Fsp3) is 0.467. The summed E-state index contributed by atoms with van der Waals surface area (Å²) >= 11 is 11.9. The van der Waals surface area contributed by atoms with Crippen molar-refractivity contribution in [2.45, 2.75) is 18.7 Å². The Morgan fingerprint density at radius 3 is 3.00 bits per heavy atom. The van der Waals surface area contributed by atoms with Crippen LogP contribution in [0.3, 0.4) is 0 Å². The third-order valence-corrected chi connectivity index (χ3v) is 4.05. The SMILES string of the molecule is ClCc1nc(OCCC2CCOC2)c2ccc(Cl)cc2n1. The predicted molar refractivity (Wildman–Crippen MR) is 83.1 cm³/mol. The molecule has 3 rings (SSSR count). The lowest BCUT2D eigenvalue weighted by Crippen LogP contribution is -2.08. The van der Waals surface area contributed by atoms with E-state index in [0.717, 1.165) is 37.0 Å². The van der Waals surface area contributed by atoms with Crippen LogP contribution in [0.4, 0.5) is 0 Å². The second-order valence-electron chi connectivity index (χ2n) is 5.11. The molecule has 0 saturated carbocycles. The van der Waals surface area contributed by atoms with Crippen LogP contribution in [-0.2, 0) is 10.6 Å². The van der Waals surface area contributed by atoms with E-state index in [0.29, 0.717) is 29.3 Å². The number of benzene rings is 1. The lowest BCUT2D eigenvalue weighted by Gasteiger charge is -2.11. The zero-order valence-corrected chi connectivity index (χ0v) is 13.0. The van der Waals surface area contributed by atoms with Crippen LogP contribution in [0.15, 0.2) is 18.2 Å². The summed E-state index contributed by atoms with van der Waals surface area (Å²) in [5.74, 6) is 1.95. The Kier molecular flexibility index (Phi) is 4.78. The second kappa shape index (κ2) is 6.77. The first-order valence-electron chi connectivity index (χ1n) is 6.99.